The molecule has 10 heavy (non-hydrogen) atoms. The smallest absolute Gasteiger partial charge is 0.106 e. The second-order valence-corrected chi connectivity index (χ2v) is 6.49. The van der Waals surface area contributed by atoms with Crippen molar-refractivity contribution in [2.45, 2.75) is 19.3 Å². The van der Waals surface area contributed by atoms with Crippen LogP contribution in [0, 0.1) is 0 Å². The summed E-state index contributed by atoms with van der Waals surface area (Å²) in [5.41, 5.74) is 0. The van der Waals surface area contributed by atoms with Crippen molar-refractivity contribution in [3.05, 3.63) is 0 Å². The van der Waals surface area contributed by atoms with Gasteiger partial charge in [-0.2, -0.15) is 0 Å². The molecule has 0 spiro atoms. The van der Waals surface area contributed by atoms with Gasteiger partial charge in [0, 0.05) is 6.10 Å². The van der Waals surface area contributed by atoms with Gasteiger partial charge >= 0.3 is 0 Å². The van der Waals surface area contributed by atoms with Gasteiger partial charge in [0.15, 0.2) is 0 Å². The fourth-order valence-electron chi connectivity index (χ4n) is 0.425. The van der Waals surface area contributed by atoms with Crippen LogP contribution in [0.2, 0.25) is 6.32 Å². The van der Waals surface area contributed by atoms with E-state index in [1.165, 1.54) is 0 Å². The molecule has 0 rings (SSSR count). The molecule has 0 saturated heterocycles. The predicted molar refractivity (Wildman–Crippen MR) is 48.2 cm³/mol. The molecule has 0 aliphatic heterocycles. The van der Waals surface area contributed by atoms with Gasteiger partial charge in [-0.05, 0) is 20.3 Å². The summed E-state index contributed by atoms with van der Waals surface area (Å²) >= 11 is 0. The van der Waals surface area contributed by atoms with Crippen molar-refractivity contribution >= 4 is 15.0 Å². The van der Waals surface area contributed by atoms with E-state index in [1.54, 1.807) is 13.3 Å². The highest BCUT2D eigenvalue weighted by molar-refractivity contribution is 7.62. The van der Waals surface area contributed by atoms with Crippen LogP contribution in [-0.2, 0) is 9.30 Å². The third-order valence-electron chi connectivity index (χ3n) is 1.24. The van der Waals surface area contributed by atoms with E-state index in [-0.39, 0.29) is 6.10 Å². The Balaban J connectivity index is 3.46. The van der Waals surface area contributed by atoms with Crippen molar-refractivity contribution in [1.82, 2.24) is 0 Å². The molecule has 60 valence electrons. The maximum Gasteiger partial charge on any atom is 0.106 e. The Labute approximate surface area is 64.1 Å². The Kier molecular flexibility index (Phi) is 4.31. The first-order valence-electron chi connectivity index (χ1n) is 3.61. The zero-order valence-electron chi connectivity index (χ0n) is 7.26. The topological polar surface area (TPSA) is 26.3 Å². The molecule has 0 unspecified atom stereocenters. The summed E-state index contributed by atoms with van der Waals surface area (Å²) in [6, 6.07) is 0. The lowest BCUT2D eigenvalue weighted by Gasteiger charge is -2.12. The molecule has 0 aliphatic rings. The number of ether oxygens (including phenoxy) is 1. The lowest BCUT2D eigenvalue weighted by atomic mass is 10.0. The van der Waals surface area contributed by atoms with Gasteiger partial charge in [0.05, 0.1) is 6.35 Å². The van der Waals surface area contributed by atoms with Crippen LogP contribution in [-0.4, -0.2) is 33.6 Å². The van der Waals surface area contributed by atoms with Crippen molar-refractivity contribution in [2.75, 3.05) is 19.7 Å². The van der Waals surface area contributed by atoms with E-state index in [0.29, 0.717) is 6.35 Å². The SMILES string of the molecule is BC[C@@H](C)OCP(C)(C)=O. The zero-order chi connectivity index (χ0) is 8.20. The van der Waals surface area contributed by atoms with E-state index in [1.807, 2.05) is 6.92 Å². The van der Waals surface area contributed by atoms with Gasteiger partial charge < -0.3 is 9.30 Å². The minimum absolute atomic E-state index is 0.244. The van der Waals surface area contributed by atoms with Gasteiger partial charge in [-0.3, -0.25) is 0 Å². The van der Waals surface area contributed by atoms with Crippen LogP contribution in [0.3, 0.4) is 0 Å². The van der Waals surface area contributed by atoms with Crippen LogP contribution in [0.1, 0.15) is 6.92 Å². The van der Waals surface area contributed by atoms with Crippen molar-refractivity contribution in [3.8, 4) is 0 Å². The monoisotopic (exact) mass is 162 g/mol. The molecule has 0 radical (unpaired) electrons. The number of rotatable bonds is 4. The summed E-state index contributed by atoms with van der Waals surface area (Å²) in [7, 11) is 0.101. The largest absolute Gasteiger partial charge is 0.372 e. The fraction of sp³-hybridized carbons (Fsp3) is 1.00. The van der Waals surface area contributed by atoms with Gasteiger partial charge in [-0.1, -0.05) is 6.32 Å². The second-order valence-electron chi connectivity index (χ2n) is 3.09. The molecular weight excluding hydrogens is 146 g/mol. The minimum atomic E-state index is -1.95. The molecule has 0 heterocycles. The van der Waals surface area contributed by atoms with Crippen molar-refractivity contribution in [3.63, 3.8) is 0 Å². The molecule has 0 aromatic rings. The van der Waals surface area contributed by atoms with Gasteiger partial charge in [0.2, 0.25) is 0 Å². The molecule has 2 nitrogen and oxygen atoms in total. The Morgan fingerprint density at radius 1 is 1.60 bits per heavy atom. The minimum Gasteiger partial charge on any atom is -0.372 e. The van der Waals surface area contributed by atoms with Crippen LogP contribution in [0.25, 0.3) is 0 Å². The molecule has 0 aliphatic carbocycles. The van der Waals surface area contributed by atoms with Gasteiger partial charge in [0.1, 0.15) is 15.0 Å². The quantitative estimate of drug-likeness (QED) is 0.455. The average Bonchev–Trinajstić information content (AvgIpc) is 1.81. The van der Waals surface area contributed by atoms with E-state index < -0.39 is 7.14 Å². The summed E-state index contributed by atoms with van der Waals surface area (Å²) in [6.45, 7) is 5.49. The normalized spacial score (nSPS) is 15.1. The fourth-order valence-corrected chi connectivity index (χ4v) is 1.04. The molecule has 0 amide bonds. The van der Waals surface area contributed by atoms with E-state index in [2.05, 4.69) is 7.85 Å². The molecule has 0 fully saturated rings. The molecule has 4 heteroatoms. The second kappa shape index (κ2) is 4.20. The van der Waals surface area contributed by atoms with Gasteiger partial charge in [-0.25, -0.2) is 0 Å². The van der Waals surface area contributed by atoms with Crippen molar-refractivity contribution < 1.29 is 9.30 Å². The lowest BCUT2D eigenvalue weighted by Crippen LogP contribution is -2.07. The Hall–Kier alpha value is 0.255. The van der Waals surface area contributed by atoms with Crippen molar-refractivity contribution in [2.24, 2.45) is 0 Å². The maximum atomic E-state index is 11.1. The summed E-state index contributed by atoms with van der Waals surface area (Å²) in [5.74, 6) is 0. The summed E-state index contributed by atoms with van der Waals surface area (Å²) < 4.78 is 16.4. The van der Waals surface area contributed by atoms with Gasteiger partial charge in [0.25, 0.3) is 0 Å². The predicted octanol–water partition coefficient (Wildman–Crippen LogP) is 1.02. The number of hydrogen-bond acceptors (Lipinski definition) is 2. The first-order chi connectivity index (χ1) is 4.45. The highest BCUT2D eigenvalue weighted by Crippen LogP contribution is 2.35. The van der Waals surface area contributed by atoms with E-state index in [9.17, 15) is 4.57 Å². The molecule has 0 aromatic heterocycles. The Morgan fingerprint density at radius 3 is 2.40 bits per heavy atom. The zero-order valence-corrected chi connectivity index (χ0v) is 8.15. The highest BCUT2D eigenvalue weighted by Gasteiger charge is 2.08. The lowest BCUT2D eigenvalue weighted by molar-refractivity contribution is 0.115. The van der Waals surface area contributed by atoms with E-state index in [0.717, 1.165) is 6.32 Å². The van der Waals surface area contributed by atoms with Gasteiger partial charge in [-0.15, -0.1) is 0 Å². The van der Waals surface area contributed by atoms with Crippen LogP contribution < -0.4 is 0 Å². The van der Waals surface area contributed by atoms with Crippen molar-refractivity contribution in [1.29, 1.82) is 0 Å². The molecule has 0 N–H and O–H groups in total. The third kappa shape index (κ3) is 6.38. The molecule has 0 bridgehead atoms. The van der Waals surface area contributed by atoms with E-state index in [4.69, 9.17) is 4.74 Å². The number of hydrogen-bond donors (Lipinski definition) is 0. The van der Waals surface area contributed by atoms with Crippen LogP contribution >= 0.6 is 7.14 Å². The van der Waals surface area contributed by atoms with E-state index >= 15 is 0 Å². The Morgan fingerprint density at radius 2 is 2.10 bits per heavy atom. The average molecular weight is 162 g/mol. The summed E-state index contributed by atoms with van der Waals surface area (Å²) in [5, 5.41) is 0. The molecule has 0 saturated carbocycles. The van der Waals surface area contributed by atoms with Crippen LogP contribution in [0.4, 0.5) is 0 Å². The highest BCUT2D eigenvalue weighted by atomic mass is 31.2. The van der Waals surface area contributed by atoms with Crippen LogP contribution in [0.5, 0.6) is 0 Å². The first-order valence-corrected chi connectivity index (χ1v) is 6.40. The summed E-state index contributed by atoms with van der Waals surface area (Å²) in [4.78, 5) is 0. The Bertz CT molecular complexity index is 132. The molecular formula is C6H16BO2P. The third-order valence-corrected chi connectivity index (χ3v) is 2.02. The summed E-state index contributed by atoms with van der Waals surface area (Å²) in [6.07, 6.45) is 1.65. The standard InChI is InChI=1S/C6H16BO2P/c1-6(4-7)9-5-10(2,3)8/h6H,4-5,7H2,1-3H3/t6-/m1/s1. The first kappa shape index (κ1) is 10.3. The maximum absolute atomic E-state index is 11.1. The molecule has 1 atom stereocenters. The molecule has 0 aromatic carbocycles. The van der Waals surface area contributed by atoms with Crippen LogP contribution in [0.15, 0.2) is 0 Å².